The van der Waals surface area contributed by atoms with E-state index in [9.17, 15) is 18.0 Å². The predicted molar refractivity (Wildman–Crippen MR) is 71.2 cm³/mol. The first-order valence-corrected chi connectivity index (χ1v) is 6.03. The third-order valence-corrected chi connectivity index (χ3v) is 2.89. The summed E-state index contributed by atoms with van der Waals surface area (Å²) >= 11 is 0. The number of aryl methyl sites for hydroxylation is 1. The zero-order valence-corrected chi connectivity index (χ0v) is 11.1. The highest BCUT2D eigenvalue weighted by Crippen LogP contribution is 2.34. The van der Waals surface area contributed by atoms with Crippen molar-refractivity contribution >= 4 is 5.91 Å². The minimum absolute atomic E-state index is 0.00944. The minimum atomic E-state index is -4.55. The van der Waals surface area contributed by atoms with Crippen molar-refractivity contribution in [2.24, 2.45) is 5.73 Å². The Hall–Kier alpha value is -2.50. The lowest BCUT2D eigenvalue weighted by Gasteiger charge is -2.13. The maximum atomic E-state index is 12.7. The number of primary amides is 1. The molecule has 21 heavy (non-hydrogen) atoms. The third kappa shape index (κ3) is 3.34. The Bertz CT molecular complexity index is 681. The second-order valence-corrected chi connectivity index (χ2v) is 4.44. The lowest BCUT2D eigenvalue weighted by molar-refractivity contribution is -0.137. The lowest BCUT2D eigenvalue weighted by Crippen LogP contribution is -2.15. The molecule has 2 aromatic carbocycles. The number of benzene rings is 2. The molecule has 0 heterocycles. The second-order valence-electron chi connectivity index (χ2n) is 4.44. The molecular formula is C15H12F3NO2. The monoisotopic (exact) mass is 295 g/mol. The quantitative estimate of drug-likeness (QED) is 0.933. The van der Waals surface area contributed by atoms with Gasteiger partial charge in [-0.05, 0) is 36.8 Å². The molecule has 0 unspecified atom stereocenters. The van der Waals surface area contributed by atoms with Gasteiger partial charge in [0.15, 0.2) is 0 Å². The van der Waals surface area contributed by atoms with Gasteiger partial charge in [-0.2, -0.15) is 13.2 Å². The van der Waals surface area contributed by atoms with E-state index in [-0.39, 0.29) is 11.3 Å². The Labute approximate surface area is 119 Å². The van der Waals surface area contributed by atoms with Crippen LogP contribution in [0.25, 0.3) is 0 Å². The van der Waals surface area contributed by atoms with Gasteiger partial charge in [0, 0.05) is 0 Å². The third-order valence-electron chi connectivity index (χ3n) is 2.89. The van der Waals surface area contributed by atoms with E-state index in [1.165, 1.54) is 0 Å². The van der Waals surface area contributed by atoms with Crippen LogP contribution in [0.2, 0.25) is 0 Å². The van der Waals surface area contributed by atoms with Crippen molar-refractivity contribution in [1.82, 2.24) is 0 Å². The number of carbonyl (C=O) groups is 1. The summed E-state index contributed by atoms with van der Waals surface area (Å²) < 4.78 is 43.5. The van der Waals surface area contributed by atoms with Crippen molar-refractivity contribution in [3.05, 3.63) is 59.2 Å². The number of halogens is 3. The van der Waals surface area contributed by atoms with Crippen LogP contribution in [0.1, 0.15) is 21.5 Å². The van der Waals surface area contributed by atoms with Crippen molar-refractivity contribution in [2.75, 3.05) is 0 Å². The molecule has 0 spiro atoms. The zero-order chi connectivity index (χ0) is 15.6. The predicted octanol–water partition coefficient (Wildman–Crippen LogP) is 3.91. The molecule has 0 radical (unpaired) electrons. The second kappa shape index (κ2) is 5.47. The number of ether oxygens (including phenoxy) is 1. The van der Waals surface area contributed by atoms with E-state index in [0.29, 0.717) is 11.8 Å². The summed E-state index contributed by atoms with van der Waals surface area (Å²) in [4.78, 5) is 11.4. The van der Waals surface area contributed by atoms with Crippen molar-refractivity contribution < 1.29 is 22.7 Å². The van der Waals surface area contributed by atoms with Gasteiger partial charge in [0.1, 0.15) is 11.5 Å². The first kappa shape index (κ1) is 14.9. The Morgan fingerprint density at radius 3 is 2.33 bits per heavy atom. The van der Waals surface area contributed by atoms with Gasteiger partial charge in [0.05, 0.1) is 11.1 Å². The molecule has 6 heteroatoms. The standard InChI is InChI=1S/C15H12F3NO2/c1-9-4-2-3-5-12(9)21-13-7-6-10(15(16,17)18)8-11(13)14(19)20/h2-8H,1H3,(H2,19,20). The molecule has 0 saturated carbocycles. The van der Waals surface area contributed by atoms with E-state index in [1.54, 1.807) is 31.2 Å². The first-order chi connectivity index (χ1) is 9.79. The lowest BCUT2D eigenvalue weighted by atomic mass is 10.1. The average molecular weight is 295 g/mol. The molecule has 2 rings (SSSR count). The van der Waals surface area contributed by atoms with Gasteiger partial charge in [0.25, 0.3) is 5.91 Å². The summed E-state index contributed by atoms with van der Waals surface area (Å²) in [5.74, 6) is -0.547. The van der Waals surface area contributed by atoms with E-state index >= 15 is 0 Å². The smallest absolute Gasteiger partial charge is 0.416 e. The number of hydrogen-bond acceptors (Lipinski definition) is 2. The number of carbonyl (C=O) groups excluding carboxylic acids is 1. The SMILES string of the molecule is Cc1ccccc1Oc1ccc(C(F)(F)F)cc1C(N)=O. The summed E-state index contributed by atoms with van der Waals surface area (Å²) in [5, 5.41) is 0. The van der Waals surface area contributed by atoms with Gasteiger partial charge < -0.3 is 10.5 Å². The van der Waals surface area contributed by atoms with Gasteiger partial charge in [-0.15, -0.1) is 0 Å². The molecule has 0 aromatic heterocycles. The van der Waals surface area contributed by atoms with Gasteiger partial charge in [-0.1, -0.05) is 18.2 Å². The molecule has 0 saturated heterocycles. The van der Waals surface area contributed by atoms with E-state index in [2.05, 4.69) is 0 Å². The van der Waals surface area contributed by atoms with E-state index in [4.69, 9.17) is 10.5 Å². The molecule has 0 fully saturated rings. The Kier molecular flexibility index (Phi) is 3.88. The van der Waals surface area contributed by atoms with E-state index in [0.717, 1.165) is 17.7 Å². The van der Waals surface area contributed by atoms with Crippen molar-refractivity contribution in [3.63, 3.8) is 0 Å². The Morgan fingerprint density at radius 1 is 1.10 bits per heavy atom. The number of amides is 1. The van der Waals surface area contributed by atoms with Gasteiger partial charge in [0.2, 0.25) is 0 Å². The molecular weight excluding hydrogens is 283 g/mol. The summed E-state index contributed by atoms with van der Waals surface area (Å²) in [6.07, 6.45) is -4.55. The Balaban J connectivity index is 2.45. The van der Waals surface area contributed by atoms with Crippen molar-refractivity contribution in [3.8, 4) is 11.5 Å². The molecule has 2 aromatic rings. The van der Waals surface area contributed by atoms with Crippen LogP contribution in [-0.4, -0.2) is 5.91 Å². The number of para-hydroxylation sites is 1. The van der Waals surface area contributed by atoms with Crippen LogP contribution in [0.3, 0.4) is 0 Å². The molecule has 110 valence electrons. The van der Waals surface area contributed by atoms with Gasteiger partial charge >= 0.3 is 6.18 Å². The minimum Gasteiger partial charge on any atom is -0.456 e. The average Bonchev–Trinajstić information content (AvgIpc) is 2.40. The fourth-order valence-electron chi connectivity index (χ4n) is 1.78. The summed E-state index contributed by atoms with van der Waals surface area (Å²) in [6, 6.07) is 9.58. The molecule has 1 amide bonds. The maximum absolute atomic E-state index is 12.7. The van der Waals surface area contributed by atoms with Crippen molar-refractivity contribution in [1.29, 1.82) is 0 Å². The zero-order valence-electron chi connectivity index (χ0n) is 11.1. The molecule has 2 N–H and O–H groups in total. The van der Waals surface area contributed by atoms with Crippen LogP contribution in [0.5, 0.6) is 11.5 Å². The van der Waals surface area contributed by atoms with Gasteiger partial charge in [-0.25, -0.2) is 0 Å². The van der Waals surface area contributed by atoms with Crippen LogP contribution in [0.4, 0.5) is 13.2 Å². The molecule has 0 aliphatic rings. The highest BCUT2D eigenvalue weighted by molar-refractivity contribution is 5.96. The molecule has 0 aliphatic heterocycles. The molecule has 0 aliphatic carbocycles. The van der Waals surface area contributed by atoms with E-state index < -0.39 is 17.6 Å². The summed E-state index contributed by atoms with van der Waals surface area (Å²) in [7, 11) is 0. The highest BCUT2D eigenvalue weighted by atomic mass is 19.4. The topological polar surface area (TPSA) is 52.3 Å². The van der Waals surface area contributed by atoms with Crippen LogP contribution < -0.4 is 10.5 Å². The largest absolute Gasteiger partial charge is 0.456 e. The fraction of sp³-hybridized carbons (Fsp3) is 0.133. The molecule has 0 bridgehead atoms. The number of alkyl halides is 3. The van der Waals surface area contributed by atoms with Crippen molar-refractivity contribution in [2.45, 2.75) is 13.1 Å². The van der Waals surface area contributed by atoms with Gasteiger partial charge in [-0.3, -0.25) is 4.79 Å². The number of hydrogen-bond donors (Lipinski definition) is 1. The number of nitrogens with two attached hydrogens (primary N) is 1. The normalized spacial score (nSPS) is 11.2. The van der Waals surface area contributed by atoms with E-state index in [1.807, 2.05) is 0 Å². The summed E-state index contributed by atoms with van der Waals surface area (Å²) in [5.41, 5.74) is 4.65. The van der Waals surface area contributed by atoms with Crippen LogP contribution in [-0.2, 0) is 6.18 Å². The van der Waals surface area contributed by atoms with Crippen LogP contribution >= 0.6 is 0 Å². The highest BCUT2D eigenvalue weighted by Gasteiger charge is 2.31. The molecule has 3 nitrogen and oxygen atoms in total. The first-order valence-electron chi connectivity index (χ1n) is 6.03. The summed E-state index contributed by atoms with van der Waals surface area (Å²) in [6.45, 7) is 1.78. The maximum Gasteiger partial charge on any atom is 0.416 e. The number of rotatable bonds is 3. The van der Waals surface area contributed by atoms with Crippen LogP contribution in [0, 0.1) is 6.92 Å². The Morgan fingerprint density at radius 2 is 1.76 bits per heavy atom. The fourth-order valence-corrected chi connectivity index (χ4v) is 1.78. The molecule has 0 atom stereocenters. The van der Waals surface area contributed by atoms with Crippen LogP contribution in [0.15, 0.2) is 42.5 Å².